The number of carbonyl (C=O) groups excluding carboxylic acids is 1. The lowest BCUT2D eigenvalue weighted by atomic mass is 9.44. The van der Waals surface area contributed by atoms with Crippen LogP contribution in [-0.2, 0) is 9.53 Å². The number of ether oxygens (including phenoxy) is 1. The smallest absolute Gasteiger partial charge is 0.309 e. The largest absolute Gasteiger partial charge is 0.469 e. The van der Waals surface area contributed by atoms with E-state index in [0.717, 1.165) is 24.2 Å². The van der Waals surface area contributed by atoms with Crippen molar-refractivity contribution in [1.82, 2.24) is 4.90 Å². The van der Waals surface area contributed by atoms with E-state index in [4.69, 9.17) is 4.74 Å². The molecule has 0 aromatic rings. The maximum Gasteiger partial charge on any atom is 0.309 e. The Morgan fingerprint density at radius 3 is 2.81 bits per heavy atom. The van der Waals surface area contributed by atoms with E-state index in [1.807, 2.05) is 0 Å². The highest BCUT2D eigenvalue weighted by molar-refractivity contribution is 5.75. The zero-order chi connectivity index (χ0) is 17.8. The number of hydrogen-bond donors (Lipinski definition) is 0. The van der Waals surface area contributed by atoms with Gasteiger partial charge in [-0.1, -0.05) is 25.0 Å². The topological polar surface area (TPSA) is 29.5 Å². The number of piperidine rings is 1. The average Bonchev–Trinajstić information content (AvgIpc) is 3.26. The summed E-state index contributed by atoms with van der Waals surface area (Å²) in [6, 6.07) is 0.700. The molecule has 0 radical (unpaired) electrons. The Hall–Kier alpha value is -0.830. The van der Waals surface area contributed by atoms with Gasteiger partial charge in [0.05, 0.1) is 13.0 Å². The minimum absolute atomic E-state index is 0.0744. The molecule has 6 aliphatic rings. The Morgan fingerprint density at radius 1 is 1.19 bits per heavy atom. The van der Waals surface area contributed by atoms with Gasteiger partial charge < -0.3 is 4.74 Å². The first kappa shape index (κ1) is 16.2. The predicted octanol–water partition coefficient (Wildman–Crippen LogP) is 4.03. The van der Waals surface area contributed by atoms with Gasteiger partial charge in [-0.25, -0.2) is 0 Å². The molecule has 0 aromatic carbocycles. The van der Waals surface area contributed by atoms with E-state index in [0.29, 0.717) is 17.4 Å². The molecule has 142 valence electrons. The Balaban J connectivity index is 1.60. The van der Waals surface area contributed by atoms with Crippen molar-refractivity contribution in [3.05, 3.63) is 11.1 Å². The van der Waals surface area contributed by atoms with E-state index in [9.17, 15) is 4.79 Å². The first-order valence-corrected chi connectivity index (χ1v) is 11.1. The molecule has 0 N–H and O–H groups in total. The Bertz CT molecular complexity index is 713. The van der Waals surface area contributed by atoms with Gasteiger partial charge in [0.1, 0.15) is 0 Å². The van der Waals surface area contributed by atoms with Gasteiger partial charge in [-0.15, -0.1) is 0 Å². The van der Waals surface area contributed by atoms with Crippen LogP contribution in [0.25, 0.3) is 0 Å². The number of allylic oxidation sites excluding steroid dienone is 1. The van der Waals surface area contributed by atoms with Crippen LogP contribution >= 0.6 is 0 Å². The summed E-state index contributed by atoms with van der Waals surface area (Å²) in [5, 5.41) is 0. The number of methoxy groups -OCH3 is 1. The number of nitrogens with zero attached hydrogens (tertiary/aromatic N) is 1. The summed E-state index contributed by atoms with van der Waals surface area (Å²) in [7, 11) is 1.60. The van der Waals surface area contributed by atoms with Crippen molar-refractivity contribution in [2.24, 2.45) is 40.4 Å². The molecule has 26 heavy (non-hydrogen) atoms. The Morgan fingerprint density at radius 2 is 2.00 bits per heavy atom. The summed E-state index contributed by atoms with van der Waals surface area (Å²) >= 11 is 0. The predicted molar refractivity (Wildman–Crippen MR) is 100 cm³/mol. The van der Waals surface area contributed by atoms with Gasteiger partial charge in [0.15, 0.2) is 0 Å². The van der Waals surface area contributed by atoms with Gasteiger partial charge in [-0.2, -0.15) is 0 Å². The summed E-state index contributed by atoms with van der Waals surface area (Å²) in [5.41, 5.74) is 4.25. The lowest BCUT2D eigenvalue weighted by molar-refractivity contribution is -0.154. The lowest BCUT2D eigenvalue weighted by Crippen LogP contribution is -2.66. The van der Waals surface area contributed by atoms with Crippen molar-refractivity contribution in [1.29, 1.82) is 0 Å². The molecule has 0 amide bonds. The van der Waals surface area contributed by atoms with Gasteiger partial charge in [0, 0.05) is 24.5 Å². The highest BCUT2D eigenvalue weighted by Gasteiger charge is 2.74. The van der Waals surface area contributed by atoms with Gasteiger partial charge in [0.2, 0.25) is 0 Å². The first-order chi connectivity index (χ1) is 12.5. The lowest BCUT2D eigenvalue weighted by Gasteiger charge is -2.65. The molecule has 2 saturated carbocycles. The van der Waals surface area contributed by atoms with Crippen molar-refractivity contribution in [3.63, 3.8) is 0 Å². The molecule has 3 heteroatoms. The van der Waals surface area contributed by atoms with Crippen LogP contribution in [0.15, 0.2) is 11.1 Å². The standard InChI is InChI=1S/C23H33NO2/c1-13-11-24-12-15-6-4-14-5-7-17-18(21(25)26-3)10-23(19(14)17)20(24)16(13)8-9-22(15,23)2/h13,15-18,20H,4-12H2,1-3H3. The van der Waals surface area contributed by atoms with E-state index in [2.05, 4.69) is 18.7 Å². The van der Waals surface area contributed by atoms with Crippen molar-refractivity contribution in [2.45, 2.75) is 64.8 Å². The van der Waals surface area contributed by atoms with Crippen LogP contribution in [0.4, 0.5) is 0 Å². The second-order valence-corrected chi connectivity index (χ2v) is 10.7. The summed E-state index contributed by atoms with van der Waals surface area (Å²) < 4.78 is 5.33. The highest BCUT2D eigenvalue weighted by atomic mass is 16.5. The van der Waals surface area contributed by atoms with Crippen LogP contribution in [0.3, 0.4) is 0 Å². The second-order valence-electron chi connectivity index (χ2n) is 10.7. The van der Waals surface area contributed by atoms with Gasteiger partial charge in [-0.05, 0) is 74.0 Å². The highest BCUT2D eigenvalue weighted by Crippen LogP contribution is 2.76. The molecule has 4 aliphatic carbocycles. The molecule has 6 rings (SSSR count). The van der Waals surface area contributed by atoms with Crippen LogP contribution in [0.5, 0.6) is 0 Å². The van der Waals surface area contributed by atoms with E-state index >= 15 is 0 Å². The van der Waals surface area contributed by atoms with Crippen molar-refractivity contribution >= 4 is 5.97 Å². The summed E-state index contributed by atoms with van der Waals surface area (Å²) in [6.45, 7) is 7.74. The normalized spacial score (nSPS) is 54.3. The quantitative estimate of drug-likeness (QED) is 0.525. The van der Waals surface area contributed by atoms with E-state index in [1.54, 1.807) is 18.3 Å². The number of esters is 1. The van der Waals surface area contributed by atoms with Crippen LogP contribution in [0.2, 0.25) is 0 Å². The van der Waals surface area contributed by atoms with E-state index < -0.39 is 0 Å². The van der Waals surface area contributed by atoms with Crippen LogP contribution in [0, 0.1) is 40.4 Å². The molecule has 2 aliphatic heterocycles. The second kappa shape index (κ2) is 4.96. The number of rotatable bonds is 1. The fourth-order valence-electron chi connectivity index (χ4n) is 9.35. The minimum Gasteiger partial charge on any atom is -0.469 e. The van der Waals surface area contributed by atoms with E-state index in [1.165, 1.54) is 51.6 Å². The molecule has 8 unspecified atom stereocenters. The van der Waals surface area contributed by atoms with Crippen LogP contribution in [0.1, 0.15) is 58.8 Å². The maximum atomic E-state index is 12.8. The number of carbonyl (C=O) groups is 1. The van der Waals surface area contributed by atoms with Crippen LogP contribution < -0.4 is 0 Å². The van der Waals surface area contributed by atoms with Crippen molar-refractivity contribution in [3.8, 4) is 0 Å². The van der Waals surface area contributed by atoms with Crippen molar-refractivity contribution in [2.75, 3.05) is 20.2 Å². The monoisotopic (exact) mass is 355 g/mol. The third-order valence-electron chi connectivity index (χ3n) is 10.2. The summed E-state index contributed by atoms with van der Waals surface area (Å²) in [4.78, 5) is 15.7. The van der Waals surface area contributed by atoms with Crippen molar-refractivity contribution < 1.29 is 9.53 Å². The first-order valence-electron chi connectivity index (χ1n) is 11.1. The third kappa shape index (κ3) is 1.57. The fraction of sp³-hybridized carbons (Fsp3) is 0.870. The summed E-state index contributed by atoms with van der Waals surface area (Å²) in [6.07, 6.45) is 9.03. The van der Waals surface area contributed by atoms with Gasteiger partial charge in [0.25, 0.3) is 0 Å². The molecule has 2 heterocycles. The maximum absolute atomic E-state index is 12.8. The van der Waals surface area contributed by atoms with Gasteiger partial charge >= 0.3 is 5.97 Å². The SMILES string of the molecule is COC(=O)C1CC23C4=C(CCC41)CCC1CN4CC(C)C(CCC12C)C43. The van der Waals surface area contributed by atoms with Crippen LogP contribution in [-0.4, -0.2) is 37.1 Å². The molecule has 4 fully saturated rings. The summed E-state index contributed by atoms with van der Waals surface area (Å²) in [5.74, 6) is 3.16. The number of hydrogen-bond acceptors (Lipinski definition) is 3. The molecule has 2 saturated heterocycles. The minimum atomic E-state index is 0.0744. The van der Waals surface area contributed by atoms with Gasteiger partial charge in [-0.3, -0.25) is 9.69 Å². The molecule has 4 bridgehead atoms. The molecule has 3 nitrogen and oxygen atoms in total. The van der Waals surface area contributed by atoms with E-state index in [-0.39, 0.29) is 17.3 Å². The molecule has 0 aromatic heterocycles. The molecular weight excluding hydrogens is 322 g/mol. The Labute approximate surface area is 157 Å². The third-order valence-corrected chi connectivity index (χ3v) is 10.2. The average molecular weight is 356 g/mol. The molecule has 8 atom stereocenters. The Kier molecular flexibility index (Phi) is 3.08. The molecule has 1 spiro atoms. The fourth-order valence-corrected chi connectivity index (χ4v) is 9.35. The molecular formula is C23H33NO2. The zero-order valence-corrected chi connectivity index (χ0v) is 16.6. The zero-order valence-electron chi connectivity index (χ0n) is 16.6.